The molecule has 1 aromatic carbocycles. The number of rotatable bonds is 4. The zero-order valence-corrected chi connectivity index (χ0v) is 11.9. The molecule has 0 spiro atoms. The van der Waals surface area contributed by atoms with Crippen molar-refractivity contribution in [2.45, 2.75) is 26.3 Å². The molecule has 1 aromatic heterocycles. The van der Waals surface area contributed by atoms with Gasteiger partial charge in [-0.25, -0.2) is 0 Å². The summed E-state index contributed by atoms with van der Waals surface area (Å²) in [4.78, 5) is 1.99. The van der Waals surface area contributed by atoms with Crippen molar-refractivity contribution < 1.29 is 5.21 Å². The van der Waals surface area contributed by atoms with E-state index in [0.29, 0.717) is 6.42 Å². The summed E-state index contributed by atoms with van der Waals surface area (Å²) >= 11 is 0. The first-order valence-corrected chi connectivity index (χ1v) is 6.46. The fraction of sp³-hybridized carbons (Fsp3) is 0.357. The molecule has 0 saturated carbocycles. The van der Waals surface area contributed by atoms with Gasteiger partial charge < -0.3 is 15.8 Å². The van der Waals surface area contributed by atoms with E-state index in [9.17, 15) is 0 Å². The average molecular weight is 273 g/mol. The Hall–Kier alpha value is -2.37. The molecule has 0 saturated heterocycles. The first-order valence-electron chi connectivity index (χ1n) is 6.46. The fourth-order valence-corrected chi connectivity index (χ4v) is 2.17. The highest BCUT2D eigenvalue weighted by Crippen LogP contribution is 2.26. The number of hydrogen-bond donors (Lipinski definition) is 2. The minimum atomic E-state index is 0.0475. The molecule has 6 nitrogen and oxygen atoms in total. The van der Waals surface area contributed by atoms with E-state index in [1.165, 1.54) is 0 Å². The predicted octanol–water partition coefficient (Wildman–Crippen LogP) is 1.90. The van der Waals surface area contributed by atoms with Crippen LogP contribution in [0.3, 0.4) is 0 Å². The third-order valence-corrected chi connectivity index (χ3v) is 3.48. The summed E-state index contributed by atoms with van der Waals surface area (Å²) < 4.78 is 0. The first kappa shape index (κ1) is 14.0. The number of aryl methyl sites for hydroxylation is 1. The minimum absolute atomic E-state index is 0.0475. The van der Waals surface area contributed by atoms with Crippen LogP contribution in [0.1, 0.15) is 19.0 Å². The third kappa shape index (κ3) is 2.64. The topological polar surface area (TPSA) is 87.6 Å². The van der Waals surface area contributed by atoms with Crippen molar-refractivity contribution in [2.75, 3.05) is 11.9 Å². The van der Waals surface area contributed by atoms with Crippen LogP contribution >= 0.6 is 0 Å². The van der Waals surface area contributed by atoms with Gasteiger partial charge in [0.05, 0.1) is 5.69 Å². The van der Waals surface area contributed by atoms with E-state index in [1.54, 1.807) is 0 Å². The lowest BCUT2D eigenvalue weighted by Crippen LogP contribution is -2.34. The van der Waals surface area contributed by atoms with Crippen molar-refractivity contribution in [3.8, 4) is 0 Å². The van der Waals surface area contributed by atoms with Crippen molar-refractivity contribution in [3.63, 3.8) is 0 Å². The lowest BCUT2D eigenvalue weighted by Gasteiger charge is -2.26. The van der Waals surface area contributed by atoms with Crippen LogP contribution in [0, 0.1) is 6.92 Å². The minimum Gasteiger partial charge on any atom is -0.409 e. The van der Waals surface area contributed by atoms with Gasteiger partial charge in [-0.1, -0.05) is 29.4 Å². The molecular weight excluding hydrogens is 254 g/mol. The summed E-state index contributed by atoms with van der Waals surface area (Å²) in [6, 6.07) is 8.07. The Morgan fingerprint density at radius 2 is 2.00 bits per heavy atom. The Kier molecular flexibility index (Phi) is 4.02. The highest BCUT2D eigenvalue weighted by molar-refractivity contribution is 5.93. The maximum Gasteiger partial charge on any atom is 0.159 e. The lowest BCUT2D eigenvalue weighted by molar-refractivity contribution is 0.316. The van der Waals surface area contributed by atoms with Crippen LogP contribution in [0.25, 0.3) is 10.8 Å². The van der Waals surface area contributed by atoms with Crippen LogP contribution in [0.2, 0.25) is 0 Å². The fourth-order valence-electron chi connectivity index (χ4n) is 2.17. The van der Waals surface area contributed by atoms with E-state index in [1.807, 2.05) is 50.1 Å². The number of amidine groups is 1. The van der Waals surface area contributed by atoms with E-state index >= 15 is 0 Å². The van der Waals surface area contributed by atoms with Gasteiger partial charge >= 0.3 is 0 Å². The van der Waals surface area contributed by atoms with E-state index in [0.717, 1.165) is 22.3 Å². The number of oxime groups is 1. The van der Waals surface area contributed by atoms with E-state index in [2.05, 4.69) is 15.4 Å². The number of nitrogens with two attached hydrogens (primary N) is 1. The van der Waals surface area contributed by atoms with Crippen LogP contribution in [-0.2, 0) is 0 Å². The van der Waals surface area contributed by atoms with Crippen molar-refractivity contribution in [2.24, 2.45) is 10.9 Å². The molecule has 3 N–H and O–H groups in total. The molecular formula is C14H19N5O. The molecule has 106 valence electrons. The van der Waals surface area contributed by atoms with Gasteiger partial charge in [0.2, 0.25) is 0 Å². The number of nitrogens with zero attached hydrogens (tertiary/aromatic N) is 4. The zero-order chi connectivity index (χ0) is 14.7. The molecule has 0 amide bonds. The van der Waals surface area contributed by atoms with Crippen LogP contribution in [0.5, 0.6) is 0 Å². The van der Waals surface area contributed by atoms with E-state index < -0.39 is 0 Å². The van der Waals surface area contributed by atoms with Gasteiger partial charge in [-0.15, -0.1) is 5.10 Å². The Balaban J connectivity index is 2.40. The maximum atomic E-state index is 8.66. The zero-order valence-electron chi connectivity index (χ0n) is 11.9. The monoisotopic (exact) mass is 273 g/mol. The van der Waals surface area contributed by atoms with Gasteiger partial charge in [0.25, 0.3) is 0 Å². The lowest BCUT2D eigenvalue weighted by atomic mass is 10.1. The largest absolute Gasteiger partial charge is 0.409 e. The SMILES string of the molecule is Cc1nnc(N(C)C(C)CC(N)=NO)c2ccccc12. The van der Waals surface area contributed by atoms with Gasteiger partial charge in [0.15, 0.2) is 5.82 Å². The summed E-state index contributed by atoms with van der Waals surface area (Å²) in [6.07, 6.45) is 0.455. The molecule has 2 rings (SSSR count). The van der Waals surface area contributed by atoms with Gasteiger partial charge in [-0.3, -0.25) is 0 Å². The van der Waals surface area contributed by atoms with Gasteiger partial charge in [-0.2, -0.15) is 5.10 Å². The third-order valence-electron chi connectivity index (χ3n) is 3.48. The van der Waals surface area contributed by atoms with Crippen LogP contribution in [0.15, 0.2) is 29.4 Å². The van der Waals surface area contributed by atoms with Crippen molar-refractivity contribution in [1.29, 1.82) is 0 Å². The molecule has 6 heteroatoms. The van der Waals surface area contributed by atoms with Crippen molar-refractivity contribution in [1.82, 2.24) is 10.2 Å². The highest BCUT2D eigenvalue weighted by atomic mass is 16.4. The Bertz CT molecular complexity index is 640. The number of anilines is 1. The normalized spacial score (nSPS) is 13.4. The molecule has 0 aliphatic heterocycles. The second-order valence-corrected chi connectivity index (χ2v) is 4.91. The smallest absolute Gasteiger partial charge is 0.159 e. The molecule has 1 unspecified atom stereocenters. The van der Waals surface area contributed by atoms with Gasteiger partial charge in [-0.05, 0) is 13.8 Å². The van der Waals surface area contributed by atoms with Gasteiger partial charge in [0.1, 0.15) is 5.84 Å². The van der Waals surface area contributed by atoms with E-state index in [4.69, 9.17) is 10.9 Å². The molecule has 0 aliphatic rings. The summed E-state index contributed by atoms with van der Waals surface area (Å²) in [7, 11) is 1.93. The Labute approximate surface area is 117 Å². The molecule has 0 aliphatic carbocycles. The maximum absolute atomic E-state index is 8.66. The summed E-state index contributed by atoms with van der Waals surface area (Å²) in [5, 5.41) is 22.3. The summed E-state index contributed by atoms with van der Waals surface area (Å²) in [6.45, 7) is 3.94. The Morgan fingerprint density at radius 3 is 2.65 bits per heavy atom. The molecule has 2 aromatic rings. The molecule has 1 atom stereocenters. The predicted molar refractivity (Wildman–Crippen MR) is 80.2 cm³/mol. The second kappa shape index (κ2) is 5.73. The van der Waals surface area contributed by atoms with Crippen molar-refractivity contribution >= 4 is 22.4 Å². The summed E-state index contributed by atoms with van der Waals surface area (Å²) in [5.74, 6) is 0.998. The summed E-state index contributed by atoms with van der Waals surface area (Å²) in [5.41, 5.74) is 6.47. The number of fused-ring (bicyclic) bond motifs is 1. The molecule has 0 bridgehead atoms. The highest BCUT2D eigenvalue weighted by Gasteiger charge is 2.16. The van der Waals surface area contributed by atoms with Gasteiger partial charge in [0, 0.05) is 30.3 Å². The van der Waals surface area contributed by atoms with Crippen LogP contribution in [0.4, 0.5) is 5.82 Å². The number of hydrogen-bond acceptors (Lipinski definition) is 5. The quantitative estimate of drug-likeness (QED) is 0.384. The van der Waals surface area contributed by atoms with Crippen molar-refractivity contribution in [3.05, 3.63) is 30.0 Å². The number of benzene rings is 1. The number of aromatic nitrogens is 2. The first-order chi connectivity index (χ1) is 9.54. The molecule has 20 heavy (non-hydrogen) atoms. The van der Waals surface area contributed by atoms with E-state index in [-0.39, 0.29) is 11.9 Å². The average Bonchev–Trinajstić information content (AvgIpc) is 2.47. The standard InChI is InChI=1S/C14H19N5O/c1-9(8-13(15)18-20)19(3)14-12-7-5-4-6-11(12)10(2)16-17-14/h4-7,9,20H,8H2,1-3H3,(H2,15,18). The second-order valence-electron chi connectivity index (χ2n) is 4.91. The molecule has 1 heterocycles. The van der Waals surface area contributed by atoms with Crippen LogP contribution in [-0.4, -0.2) is 34.3 Å². The Morgan fingerprint density at radius 1 is 1.35 bits per heavy atom. The molecule has 0 radical (unpaired) electrons. The molecule has 0 fully saturated rings. The van der Waals surface area contributed by atoms with Crippen LogP contribution < -0.4 is 10.6 Å².